The van der Waals surface area contributed by atoms with Crippen molar-refractivity contribution in [1.29, 1.82) is 0 Å². The van der Waals surface area contributed by atoms with E-state index in [0.29, 0.717) is 18.5 Å². The molecule has 1 aromatic carbocycles. The smallest absolute Gasteiger partial charge is 0.226 e. The number of carbonyl (C=O) groups is 1. The van der Waals surface area contributed by atoms with Gasteiger partial charge in [-0.05, 0) is 36.8 Å². The van der Waals surface area contributed by atoms with Gasteiger partial charge in [0.2, 0.25) is 5.91 Å². The lowest BCUT2D eigenvalue weighted by molar-refractivity contribution is -0.133. The number of carbonyl (C=O) groups excluding carboxylic acids is 1. The number of hydrogen-bond acceptors (Lipinski definition) is 2. The van der Waals surface area contributed by atoms with Gasteiger partial charge in [0.05, 0.1) is 0 Å². The van der Waals surface area contributed by atoms with Gasteiger partial charge in [-0.25, -0.2) is 8.78 Å². The normalized spacial score (nSPS) is 27.4. The summed E-state index contributed by atoms with van der Waals surface area (Å²) in [6.45, 7) is 1.20. The first-order chi connectivity index (χ1) is 9.63. The molecule has 6 heteroatoms. The van der Waals surface area contributed by atoms with Crippen molar-refractivity contribution in [3.05, 3.63) is 35.4 Å². The van der Waals surface area contributed by atoms with Crippen molar-refractivity contribution in [3.8, 4) is 0 Å². The molecule has 0 bridgehead atoms. The summed E-state index contributed by atoms with van der Waals surface area (Å²) in [5.41, 5.74) is 5.99. The van der Waals surface area contributed by atoms with Crippen LogP contribution in [0.15, 0.2) is 18.2 Å². The van der Waals surface area contributed by atoms with Crippen LogP contribution in [0.5, 0.6) is 0 Å². The Labute approximate surface area is 128 Å². The predicted molar refractivity (Wildman–Crippen MR) is 78.2 cm³/mol. The lowest BCUT2D eigenvalue weighted by Gasteiger charge is -2.23. The molecule has 2 aliphatic rings. The Hall–Kier alpha value is -1.20. The van der Waals surface area contributed by atoms with Gasteiger partial charge in [0.1, 0.15) is 0 Å². The van der Waals surface area contributed by atoms with E-state index in [1.807, 2.05) is 4.90 Å². The maximum atomic E-state index is 13.7. The van der Waals surface area contributed by atoms with Gasteiger partial charge in [-0.15, -0.1) is 12.4 Å². The van der Waals surface area contributed by atoms with Crippen molar-refractivity contribution in [2.24, 2.45) is 11.7 Å². The molecule has 1 amide bonds. The SMILES string of the molecule is Cl.NCC1CCCN1C(=O)C1CC1c1cccc(F)c1F. The molecule has 116 valence electrons. The molecule has 3 unspecified atom stereocenters. The fourth-order valence-corrected chi connectivity index (χ4v) is 3.20. The molecule has 1 aromatic rings. The monoisotopic (exact) mass is 316 g/mol. The van der Waals surface area contributed by atoms with Crippen molar-refractivity contribution in [1.82, 2.24) is 4.90 Å². The predicted octanol–water partition coefficient (Wildman–Crippen LogP) is 2.44. The largest absolute Gasteiger partial charge is 0.338 e. The second-order valence-corrected chi connectivity index (χ2v) is 5.66. The van der Waals surface area contributed by atoms with Crippen LogP contribution in [-0.4, -0.2) is 29.9 Å². The highest BCUT2D eigenvalue weighted by molar-refractivity contribution is 5.85. The van der Waals surface area contributed by atoms with Crippen molar-refractivity contribution >= 4 is 18.3 Å². The topological polar surface area (TPSA) is 46.3 Å². The number of rotatable bonds is 3. The zero-order chi connectivity index (χ0) is 14.3. The minimum Gasteiger partial charge on any atom is -0.338 e. The average Bonchev–Trinajstić information content (AvgIpc) is 3.09. The number of benzene rings is 1. The summed E-state index contributed by atoms with van der Waals surface area (Å²) in [4.78, 5) is 14.2. The summed E-state index contributed by atoms with van der Waals surface area (Å²) < 4.78 is 27.0. The van der Waals surface area contributed by atoms with Gasteiger partial charge in [-0.2, -0.15) is 0 Å². The van der Waals surface area contributed by atoms with Crippen LogP contribution in [0.3, 0.4) is 0 Å². The van der Waals surface area contributed by atoms with Gasteiger partial charge in [0.25, 0.3) is 0 Å². The fourth-order valence-electron chi connectivity index (χ4n) is 3.20. The van der Waals surface area contributed by atoms with Gasteiger partial charge in [0.15, 0.2) is 11.6 Å². The Morgan fingerprint density at radius 1 is 1.38 bits per heavy atom. The zero-order valence-corrected chi connectivity index (χ0v) is 12.4. The molecule has 1 heterocycles. The van der Waals surface area contributed by atoms with Gasteiger partial charge in [-0.1, -0.05) is 12.1 Å². The minimum atomic E-state index is -0.846. The molecule has 3 rings (SSSR count). The van der Waals surface area contributed by atoms with E-state index in [0.717, 1.165) is 25.5 Å². The number of halogens is 3. The Morgan fingerprint density at radius 3 is 2.86 bits per heavy atom. The Balaban J connectivity index is 0.00000161. The summed E-state index contributed by atoms with van der Waals surface area (Å²) in [5.74, 6) is -2.01. The van der Waals surface area contributed by atoms with E-state index in [2.05, 4.69) is 0 Å². The first kappa shape index (κ1) is 16.2. The number of nitrogens with two attached hydrogens (primary N) is 1. The molecule has 2 fully saturated rings. The first-order valence-corrected chi connectivity index (χ1v) is 7.08. The lowest BCUT2D eigenvalue weighted by atomic mass is 10.1. The summed E-state index contributed by atoms with van der Waals surface area (Å²) in [6, 6.07) is 4.27. The molecule has 21 heavy (non-hydrogen) atoms. The molecule has 3 atom stereocenters. The number of likely N-dealkylation sites (tertiary alicyclic amines) is 1. The second-order valence-electron chi connectivity index (χ2n) is 5.66. The van der Waals surface area contributed by atoms with Gasteiger partial charge < -0.3 is 10.6 Å². The minimum absolute atomic E-state index is 0. The van der Waals surface area contributed by atoms with Crippen LogP contribution in [-0.2, 0) is 4.79 Å². The van der Waals surface area contributed by atoms with Crippen LogP contribution < -0.4 is 5.73 Å². The molecule has 1 saturated heterocycles. The molecule has 2 N–H and O–H groups in total. The molecule has 0 aromatic heterocycles. The van der Waals surface area contributed by atoms with Crippen LogP contribution in [0.4, 0.5) is 8.78 Å². The van der Waals surface area contributed by atoms with E-state index in [1.165, 1.54) is 6.07 Å². The van der Waals surface area contributed by atoms with Crippen LogP contribution in [0.2, 0.25) is 0 Å². The Morgan fingerprint density at radius 2 is 2.14 bits per heavy atom. The molecule has 1 saturated carbocycles. The maximum Gasteiger partial charge on any atom is 0.226 e. The number of nitrogens with zero attached hydrogens (tertiary/aromatic N) is 1. The lowest BCUT2D eigenvalue weighted by Crippen LogP contribution is -2.40. The molecule has 1 aliphatic carbocycles. The zero-order valence-electron chi connectivity index (χ0n) is 11.6. The Bertz CT molecular complexity index is 540. The number of amides is 1. The fraction of sp³-hybridized carbons (Fsp3) is 0.533. The summed E-state index contributed by atoms with van der Waals surface area (Å²) in [6.07, 6.45) is 2.51. The van der Waals surface area contributed by atoms with E-state index >= 15 is 0 Å². The van der Waals surface area contributed by atoms with Crippen molar-refractivity contribution in [2.75, 3.05) is 13.1 Å². The third kappa shape index (κ3) is 2.90. The highest BCUT2D eigenvalue weighted by Crippen LogP contribution is 2.50. The number of hydrogen-bond donors (Lipinski definition) is 1. The van der Waals surface area contributed by atoms with Gasteiger partial charge in [0, 0.05) is 25.0 Å². The molecular formula is C15H19ClF2N2O. The highest BCUT2D eigenvalue weighted by Gasteiger charge is 2.48. The van der Waals surface area contributed by atoms with Gasteiger partial charge >= 0.3 is 0 Å². The van der Waals surface area contributed by atoms with Crippen LogP contribution in [0.25, 0.3) is 0 Å². The van der Waals surface area contributed by atoms with E-state index in [4.69, 9.17) is 5.73 Å². The summed E-state index contributed by atoms with van der Waals surface area (Å²) in [5, 5.41) is 0. The quantitative estimate of drug-likeness (QED) is 0.931. The third-order valence-corrected chi connectivity index (χ3v) is 4.42. The van der Waals surface area contributed by atoms with E-state index in [9.17, 15) is 13.6 Å². The van der Waals surface area contributed by atoms with E-state index in [1.54, 1.807) is 6.07 Å². The Kier molecular flexibility index (Phi) is 4.84. The van der Waals surface area contributed by atoms with Crippen molar-refractivity contribution in [3.63, 3.8) is 0 Å². The average molecular weight is 317 g/mol. The third-order valence-electron chi connectivity index (χ3n) is 4.42. The van der Waals surface area contributed by atoms with Crippen LogP contribution in [0.1, 0.15) is 30.7 Å². The van der Waals surface area contributed by atoms with Crippen LogP contribution in [0, 0.1) is 17.6 Å². The molecule has 3 nitrogen and oxygen atoms in total. The maximum absolute atomic E-state index is 13.7. The molecule has 0 radical (unpaired) electrons. The van der Waals surface area contributed by atoms with Crippen molar-refractivity contribution < 1.29 is 13.6 Å². The van der Waals surface area contributed by atoms with Crippen LogP contribution >= 0.6 is 12.4 Å². The van der Waals surface area contributed by atoms with Crippen molar-refractivity contribution in [2.45, 2.75) is 31.2 Å². The first-order valence-electron chi connectivity index (χ1n) is 7.08. The van der Waals surface area contributed by atoms with E-state index in [-0.39, 0.29) is 36.2 Å². The standard InChI is InChI=1S/C15H18F2N2O.ClH/c16-13-5-1-4-10(14(13)17)11-7-12(11)15(20)19-6-2-3-9(19)8-18;/h1,4-5,9,11-12H,2-3,6-8,18H2;1H. The summed E-state index contributed by atoms with van der Waals surface area (Å²) >= 11 is 0. The second kappa shape index (κ2) is 6.28. The highest BCUT2D eigenvalue weighted by atomic mass is 35.5. The van der Waals surface area contributed by atoms with E-state index < -0.39 is 11.6 Å². The molecule has 1 aliphatic heterocycles. The molecule has 0 spiro atoms. The summed E-state index contributed by atoms with van der Waals surface area (Å²) in [7, 11) is 0. The van der Waals surface area contributed by atoms with Gasteiger partial charge in [-0.3, -0.25) is 4.79 Å². The molecular weight excluding hydrogens is 298 g/mol.